The quantitative estimate of drug-likeness (QED) is 0.794. The summed E-state index contributed by atoms with van der Waals surface area (Å²) < 4.78 is 61.7. The molecule has 1 heterocycles. The molecule has 0 saturated carbocycles. The van der Waals surface area contributed by atoms with E-state index in [1.54, 1.807) is 6.92 Å². The number of nitrogens with one attached hydrogen (secondary N) is 1. The fourth-order valence-electron chi connectivity index (χ4n) is 1.91. The zero-order valence-corrected chi connectivity index (χ0v) is 10.4. The van der Waals surface area contributed by atoms with Crippen molar-refractivity contribution in [2.75, 3.05) is 17.6 Å². The van der Waals surface area contributed by atoms with Gasteiger partial charge in [-0.2, -0.15) is 13.2 Å². The van der Waals surface area contributed by atoms with E-state index in [4.69, 9.17) is 0 Å². The van der Waals surface area contributed by atoms with Gasteiger partial charge in [-0.1, -0.05) is 6.92 Å². The smallest absolute Gasteiger partial charge is 0.384 e. The monoisotopic (exact) mass is 279 g/mol. The largest absolute Gasteiger partial charge is 0.416 e. The van der Waals surface area contributed by atoms with Gasteiger partial charge in [-0.05, 0) is 24.1 Å². The standard InChI is InChI=1S/C11H12F3NO2S/c1-7-5-15-9-3-2-8(11(12,13)14)4-10(9)18(16,17)6-7/h2-4,7,15H,5-6H2,1H3. The van der Waals surface area contributed by atoms with Crippen molar-refractivity contribution in [3.05, 3.63) is 23.8 Å². The van der Waals surface area contributed by atoms with Gasteiger partial charge < -0.3 is 5.32 Å². The van der Waals surface area contributed by atoms with Crippen molar-refractivity contribution in [3.8, 4) is 0 Å². The molecule has 0 bridgehead atoms. The van der Waals surface area contributed by atoms with Gasteiger partial charge in [-0.3, -0.25) is 0 Å². The molecule has 0 spiro atoms. The molecule has 3 nitrogen and oxygen atoms in total. The number of fused-ring (bicyclic) bond motifs is 1. The van der Waals surface area contributed by atoms with E-state index in [2.05, 4.69) is 5.32 Å². The number of hydrogen-bond donors (Lipinski definition) is 1. The SMILES string of the molecule is CC1CNc2ccc(C(F)(F)F)cc2S(=O)(=O)C1. The molecular formula is C11H12F3NO2S. The summed E-state index contributed by atoms with van der Waals surface area (Å²) in [6, 6.07) is 2.76. The van der Waals surface area contributed by atoms with Crippen molar-refractivity contribution >= 4 is 15.5 Å². The molecule has 100 valence electrons. The zero-order chi connectivity index (χ0) is 13.6. The summed E-state index contributed by atoms with van der Waals surface area (Å²) in [7, 11) is -3.67. The molecule has 1 unspecified atom stereocenters. The van der Waals surface area contributed by atoms with Gasteiger partial charge in [0.05, 0.1) is 21.9 Å². The summed E-state index contributed by atoms with van der Waals surface area (Å²) >= 11 is 0. The van der Waals surface area contributed by atoms with E-state index in [1.807, 2.05) is 0 Å². The maximum atomic E-state index is 12.6. The van der Waals surface area contributed by atoms with Crippen LogP contribution < -0.4 is 5.32 Å². The lowest BCUT2D eigenvalue weighted by molar-refractivity contribution is -0.137. The van der Waals surface area contributed by atoms with Crippen LogP contribution in [0.5, 0.6) is 0 Å². The van der Waals surface area contributed by atoms with Gasteiger partial charge in [0.25, 0.3) is 0 Å². The fraction of sp³-hybridized carbons (Fsp3) is 0.455. The van der Waals surface area contributed by atoms with E-state index >= 15 is 0 Å². The fourth-order valence-corrected chi connectivity index (χ4v) is 3.74. The van der Waals surface area contributed by atoms with Crippen molar-refractivity contribution in [3.63, 3.8) is 0 Å². The van der Waals surface area contributed by atoms with E-state index in [9.17, 15) is 21.6 Å². The van der Waals surface area contributed by atoms with Crippen molar-refractivity contribution in [2.24, 2.45) is 5.92 Å². The molecule has 0 radical (unpaired) electrons. The van der Waals surface area contributed by atoms with Gasteiger partial charge in [0.15, 0.2) is 9.84 Å². The Balaban J connectivity index is 2.58. The highest BCUT2D eigenvalue weighted by molar-refractivity contribution is 7.91. The molecule has 0 saturated heterocycles. The molecule has 0 fully saturated rings. The first-order valence-corrected chi connectivity index (χ1v) is 7.03. The van der Waals surface area contributed by atoms with Crippen molar-refractivity contribution in [1.29, 1.82) is 0 Å². The van der Waals surface area contributed by atoms with E-state index in [0.717, 1.165) is 6.07 Å². The van der Waals surface area contributed by atoms with Crippen LogP contribution in [-0.2, 0) is 16.0 Å². The first kappa shape index (κ1) is 13.2. The minimum Gasteiger partial charge on any atom is -0.384 e. The molecule has 1 aromatic rings. The zero-order valence-electron chi connectivity index (χ0n) is 9.58. The highest BCUT2D eigenvalue weighted by Gasteiger charge is 2.34. The van der Waals surface area contributed by atoms with E-state index in [0.29, 0.717) is 12.6 Å². The second-order valence-electron chi connectivity index (χ2n) is 4.48. The third kappa shape index (κ3) is 2.45. The predicted octanol–water partition coefficient (Wildman–Crippen LogP) is 2.54. The molecule has 2 rings (SSSR count). The summed E-state index contributed by atoms with van der Waals surface area (Å²) in [5.74, 6) is -0.286. The molecule has 1 N–H and O–H groups in total. The highest BCUT2D eigenvalue weighted by Crippen LogP contribution is 2.35. The summed E-state index contributed by atoms with van der Waals surface area (Å²) in [6.45, 7) is 2.17. The average molecular weight is 279 g/mol. The Hall–Kier alpha value is -1.24. The number of sulfone groups is 1. The van der Waals surface area contributed by atoms with Gasteiger partial charge in [-0.25, -0.2) is 8.42 Å². The van der Waals surface area contributed by atoms with Gasteiger partial charge in [0.1, 0.15) is 0 Å². The third-order valence-electron chi connectivity index (χ3n) is 2.79. The Kier molecular flexibility index (Phi) is 3.04. The van der Waals surface area contributed by atoms with Crippen LogP contribution in [0.1, 0.15) is 12.5 Å². The van der Waals surface area contributed by atoms with Crippen LogP contribution in [0.4, 0.5) is 18.9 Å². The molecular weight excluding hydrogens is 267 g/mol. The number of benzene rings is 1. The Bertz CT molecular complexity index is 566. The second kappa shape index (κ2) is 4.15. The normalized spacial score (nSPS) is 22.8. The van der Waals surface area contributed by atoms with E-state index < -0.39 is 21.6 Å². The van der Waals surface area contributed by atoms with Crippen molar-refractivity contribution in [2.45, 2.75) is 18.0 Å². The van der Waals surface area contributed by atoms with Gasteiger partial charge in [0.2, 0.25) is 0 Å². The topological polar surface area (TPSA) is 46.2 Å². The van der Waals surface area contributed by atoms with Crippen LogP contribution in [-0.4, -0.2) is 20.7 Å². The lowest BCUT2D eigenvalue weighted by atomic mass is 10.2. The second-order valence-corrected chi connectivity index (χ2v) is 6.48. The molecule has 0 aliphatic carbocycles. The molecule has 18 heavy (non-hydrogen) atoms. The summed E-state index contributed by atoms with van der Waals surface area (Å²) in [5.41, 5.74) is -0.700. The minimum absolute atomic E-state index is 0.142. The number of alkyl halides is 3. The number of anilines is 1. The summed E-state index contributed by atoms with van der Waals surface area (Å²) in [5, 5.41) is 2.86. The van der Waals surface area contributed by atoms with Crippen LogP contribution in [0.25, 0.3) is 0 Å². The van der Waals surface area contributed by atoms with E-state index in [1.165, 1.54) is 6.07 Å². The molecule has 0 aromatic heterocycles. The number of rotatable bonds is 0. The Morgan fingerprint density at radius 1 is 1.33 bits per heavy atom. The Labute approximate surface area is 103 Å². The maximum Gasteiger partial charge on any atom is 0.416 e. The molecule has 7 heteroatoms. The maximum absolute atomic E-state index is 12.6. The Morgan fingerprint density at radius 3 is 2.61 bits per heavy atom. The van der Waals surface area contributed by atoms with Crippen LogP contribution in [0.15, 0.2) is 23.1 Å². The lowest BCUT2D eigenvalue weighted by Crippen LogP contribution is -2.15. The van der Waals surface area contributed by atoms with Crippen LogP contribution >= 0.6 is 0 Å². The first-order chi connectivity index (χ1) is 8.20. The lowest BCUT2D eigenvalue weighted by Gasteiger charge is -2.11. The van der Waals surface area contributed by atoms with Crippen LogP contribution in [0.3, 0.4) is 0 Å². The number of halogens is 3. The third-order valence-corrected chi connectivity index (χ3v) is 4.80. The first-order valence-electron chi connectivity index (χ1n) is 5.38. The highest BCUT2D eigenvalue weighted by atomic mass is 32.2. The molecule has 1 aromatic carbocycles. The number of hydrogen-bond acceptors (Lipinski definition) is 3. The summed E-state index contributed by atoms with van der Waals surface area (Å²) in [4.78, 5) is -0.262. The van der Waals surface area contributed by atoms with Crippen LogP contribution in [0.2, 0.25) is 0 Å². The predicted molar refractivity (Wildman–Crippen MR) is 61.2 cm³/mol. The summed E-state index contributed by atoms with van der Waals surface area (Å²) in [6.07, 6.45) is -4.54. The Morgan fingerprint density at radius 2 is 2.00 bits per heavy atom. The van der Waals surface area contributed by atoms with Crippen molar-refractivity contribution < 1.29 is 21.6 Å². The minimum atomic E-state index is -4.54. The molecule has 1 aliphatic heterocycles. The molecule has 1 aliphatic rings. The molecule has 1 atom stereocenters. The van der Waals surface area contributed by atoms with Crippen LogP contribution in [0, 0.1) is 5.92 Å². The molecule has 0 amide bonds. The van der Waals surface area contributed by atoms with Gasteiger partial charge >= 0.3 is 6.18 Å². The average Bonchev–Trinajstić information content (AvgIpc) is 2.34. The van der Waals surface area contributed by atoms with E-state index in [-0.39, 0.29) is 22.3 Å². The van der Waals surface area contributed by atoms with Crippen molar-refractivity contribution in [1.82, 2.24) is 0 Å². The van der Waals surface area contributed by atoms with Gasteiger partial charge in [-0.15, -0.1) is 0 Å². The van der Waals surface area contributed by atoms with Gasteiger partial charge in [0, 0.05) is 6.54 Å².